The van der Waals surface area contributed by atoms with E-state index >= 15 is 0 Å². The molecule has 0 fully saturated rings. The molecular formula is C6H5ClINO. The molecule has 0 atom stereocenters. The van der Waals surface area contributed by atoms with E-state index < -0.39 is 0 Å². The van der Waals surface area contributed by atoms with Crippen molar-refractivity contribution in [1.29, 1.82) is 0 Å². The third-order valence-electron chi connectivity index (χ3n) is 0.974. The highest BCUT2D eigenvalue weighted by Gasteiger charge is 1.96. The highest BCUT2D eigenvalue weighted by Crippen LogP contribution is 2.12. The summed E-state index contributed by atoms with van der Waals surface area (Å²) in [7, 11) is 0. The molecule has 1 N–H and O–H groups in total. The molecule has 0 bridgehead atoms. The average Bonchev–Trinajstić information content (AvgIpc) is 1.85. The first-order valence-corrected chi connectivity index (χ1v) is 4.11. The third kappa shape index (κ3) is 2.07. The molecule has 10 heavy (non-hydrogen) atoms. The van der Waals surface area contributed by atoms with Crippen molar-refractivity contribution in [3.63, 3.8) is 0 Å². The van der Waals surface area contributed by atoms with Gasteiger partial charge in [0.2, 0.25) is 0 Å². The van der Waals surface area contributed by atoms with Gasteiger partial charge in [0, 0.05) is 3.57 Å². The van der Waals surface area contributed by atoms with E-state index in [0.29, 0.717) is 10.8 Å². The van der Waals surface area contributed by atoms with Crippen LogP contribution in [0.3, 0.4) is 0 Å². The first-order chi connectivity index (χ1) is 4.72. The largest absolute Gasteiger partial charge is 0.390 e. The smallest absolute Gasteiger partial charge is 0.130 e. The quantitative estimate of drug-likeness (QED) is 0.623. The van der Waals surface area contributed by atoms with Crippen LogP contribution in [0.15, 0.2) is 12.1 Å². The topological polar surface area (TPSA) is 33.1 Å². The Morgan fingerprint density at radius 1 is 1.60 bits per heavy atom. The summed E-state index contributed by atoms with van der Waals surface area (Å²) >= 11 is 7.72. The number of halogens is 2. The van der Waals surface area contributed by atoms with Crippen LogP contribution in [0.2, 0.25) is 5.15 Å². The molecule has 0 aromatic carbocycles. The van der Waals surface area contributed by atoms with Crippen LogP contribution in [0.25, 0.3) is 0 Å². The molecule has 4 heteroatoms. The molecule has 1 aromatic heterocycles. The predicted octanol–water partition coefficient (Wildman–Crippen LogP) is 1.83. The van der Waals surface area contributed by atoms with Crippen molar-refractivity contribution in [3.05, 3.63) is 26.5 Å². The van der Waals surface area contributed by atoms with Gasteiger partial charge in [-0.05, 0) is 34.7 Å². The zero-order chi connectivity index (χ0) is 7.56. The van der Waals surface area contributed by atoms with Gasteiger partial charge in [-0.25, -0.2) is 4.98 Å². The van der Waals surface area contributed by atoms with E-state index in [0.717, 1.165) is 3.57 Å². The molecule has 1 heterocycles. The lowest BCUT2D eigenvalue weighted by atomic mass is 10.4. The fourth-order valence-electron chi connectivity index (χ4n) is 0.597. The number of pyridine rings is 1. The molecular weight excluding hydrogens is 264 g/mol. The van der Waals surface area contributed by atoms with Crippen LogP contribution < -0.4 is 0 Å². The van der Waals surface area contributed by atoms with Crippen molar-refractivity contribution in [2.24, 2.45) is 0 Å². The summed E-state index contributed by atoms with van der Waals surface area (Å²) in [6, 6.07) is 3.52. The van der Waals surface area contributed by atoms with Crippen molar-refractivity contribution in [3.8, 4) is 0 Å². The van der Waals surface area contributed by atoms with Gasteiger partial charge in [0.15, 0.2) is 0 Å². The maximum atomic E-state index is 8.66. The Bertz CT molecular complexity index is 221. The summed E-state index contributed by atoms with van der Waals surface area (Å²) in [5.74, 6) is 0. The second kappa shape index (κ2) is 3.50. The van der Waals surface area contributed by atoms with Gasteiger partial charge in [0.1, 0.15) is 5.15 Å². The lowest BCUT2D eigenvalue weighted by Gasteiger charge is -1.96. The first kappa shape index (κ1) is 8.23. The van der Waals surface area contributed by atoms with E-state index in [2.05, 4.69) is 27.6 Å². The number of aliphatic hydroxyl groups excluding tert-OH is 1. The molecule has 54 valence electrons. The Morgan fingerprint density at radius 2 is 2.30 bits per heavy atom. The molecule has 0 saturated carbocycles. The molecule has 2 nitrogen and oxygen atoms in total. The molecule has 0 radical (unpaired) electrons. The number of rotatable bonds is 1. The van der Waals surface area contributed by atoms with E-state index in [1.807, 2.05) is 0 Å². The second-order valence-corrected chi connectivity index (χ2v) is 3.39. The van der Waals surface area contributed by atoms with Crippen molar-refractivity contribution in [2.75, 3.05) is 0 Å². The maximum Gasteiger partial charge on any atom is 0.130 e. The monoisotopic (exact) mass is 269 g/mol. The van der Waals surface area contributed by atoms with Crippen LogP contribution in [0.1, 0.15) is 5.69 Å². The molecule has 0 aliphatic heterocycles. The van der Waals surface area contributed by atoms with Gasteiger partial charge in [-0.3, -0.25) is 0 Å². The molecule has 1 rings (SSSR count). The first-order valence-electron chi connectivity index (χ1n) is 2.65. The Kier molecular flexibility index (Phi) is 2.88. The van der Waals surface area contributed by atoms with Gasteiger partial charge < -0.3 is 5.11 Å². The summed E-state index contributed by atoms with van der Waals surface area (Å²) in [6.45, 7) is -0.0590. The Morgan fingerprint density at radius 3 is 2.80 bits per heavy atom. The SMILES string of the molecule is OCc1cc(I)cc(Cl)n1. The summed E-state index contributed by atoms with van der Waals surface area (Å²) in [5.41, 5.74) is 0.608. The van der Waals surface area contributed by atoms with E-state index in [1.165, 1.54) is 0 Å². The highest BCUT2D eigenvalue weighted by molar-refractivity contribution is 14.1. The lowest BCUT2D eigenvalue weighted by Crippen LogP contribution is -1.89. The van der Waals surface area contributed by atoms with Crippen molar-refractivity contribution < 1.29 is 5.11 Å². The zero-order valence-electron chi connectivity index (χ0n) is 5.01. The summed E-state index contributed by atoms with van der Waals surface area (Å²) < 4.78 is 0.988. The number of hydrogen-bond donors (Lipinski definition) is 1. The normalized spacial score (nSPS) is 9.90. The highest BCUT2D eigenvalue weighted by atomic mass is 127. The fourth-order valence-corrected chi connectivity index (χ4v) is 1.66. The van der Waals surface area contributed by atoms with Gasteiger partial charge in [-0.2, -0.15) is 0 Å². The molecule has 0 saturated heterocycles. The molecule has 0 aliphatic rings. The standard InChI is InChI=1S/C6H5ClINO/c7-6-2-4(8)1-5(3-10)9-6/h1-2,10H,3H2. The fraction of sp³-hybridized carbons (Fsp3) is 0.167. The van der Waals surface area contributed by atoms with Gasteiger partial charge in [-0.15, -0.1) is 0 Å². The Balaban J connectivity index is 3.06. The molecule has 0 amide bonds. The predicted molar refractivity (Wildman–Crippen MR) is 47.9 cm³/mol. The van der Waals surface area contributed by atoms with Crippen LogP contribution in [-0.4, -0.2) is 10.1 Å². The molecule has 0 unspecified atom stereocenters. The maximum absolute atomic E-state index is 8.66. The number of hydrogen-bond acceptors (Lipinski definition) is 2. The third-order valence-corrected chi connectivity index (χ3v) is 1.79. The van der Waals surface area contributed by atoms with E-state index in [-0.39, 0.29) is 6.61 Å². The Hall–Kier alpha value is 0.130. The van der Waals surface area contributed by atoms with Crippen LogP contribution in [0, 0.1) is 3.57 Å². The van der Waals surface area contributed by atoms with E-state index in [4.69, 9.17) is 16.7 Å². The van der Waals surface area contributed by atoms with Crippen LogP contribution >= 0.6 is 34.2 Å². The minimum Gasteiger partial charge on any atom is -0.390 e. The summed E-state index contributed by atoms with van der Waals surface area (Å²) in [4.78, 5) is 3.86. The zero-order valence-corrected chi connectivity index (χ0v) is 7.93. The summed E-state index contributed by atoms with van der Waals surface area (Å²) in [5, 5.41) is 9.09. The summed E-state index contributed by atoms with van der Waals surface area (Å²) in [6.07, 6.45) is 0. The second-order valence-electron chi connectivity index (χ2n) is 1.76. The molecule has 0 spiro atoms. The van der Waals surface area contributed by atoms with Crippen LogP contribution in [-0.2, 0) is 6.61 Å². The van der Waals surface area contributed by atoms with E-state index in [1.54, 1.807) is 12.1 Å². The number of aromatic nitrogens is 1. The van der Waals surface area contributed by atoms with Crippen molar-refractivity contribution in [2.45, 2.75) is 6.61 Å². The Labute approximate surface area is 77.4 Å². The average molecular weight is 269 g/mol. The molecule has 0 aliphatic carbocycles. The van der Waals surface area contributed by atoms with Crippen LogP contribution in [0.5, 0.6) is 0 Å². The minimum absolute atomic E-state index is 0.0590. The van der Waals surface area contributed by atoms with Gasteiger partial charge in [-0.1, -0.05) is 11.6 Å². The van der Waals surface area contributed by atoms with Crippen molar-refractivity contribution >= 4 is 34.2 Å². The van der Waals surface area contributed by atoms with Crippen LogP contribution in [0.4, 0.5) is 0 Å². The number of aliphatic hydroxyl groups is 1. The molecule has 1 aromatic rings. The van der Waals surface area contributed by atoms with Crippen molar-refractivity contribution in [1.82, 2.24) is 4.98 Å². The van der Waals surface area contributed by atoms with Gasteiger partial charge in [0.05, 0.1) is 12.3 Å². The lowest BCUT2D eigenvalue weighted by molar-refractivity contribution is 0.277. The van der Waals surface area contributed by atoms with Gasteiger partial charge in [0.25, 0.3) is 0 Å². The number of nitrogens with zero attached hydrogens (tertiary/aromatic N) is 1. The van der Waals surface area contributed by atoms with E-state index in [9.17, 15) is 0 Å². The van der Waals surface area contributed by atoms with Gasteiger partial charge >= 0.3 is 0 Å². The minimum atomic E-state index is -0.0590.